The van der Waals surface area contributed by atoms with E-state index in [1.54, 1.807) is 4.68 Å². The fourth-order valence-corrected chi connectivity index (χ4v) is 2.67. The van der Waals surface area contributed by atoms with Crippen LogP contribution in [0.3, 0.4) is 0 Å². The number of benzene rings is 1. The Morgan fingerprint density at radius 2 is 1.76 bits per heavy atom. The highest BCUT2D eigenvalue weighted by molar-refractivity contribution is 5.37. The van der Waals surface area contributed by atoms with E-state index in [-0.39, 0.29) is 11.0 Å². The van der Waals surface area contributed by atoms with Crippen molar-refractivity contribution < 1.29 is 0 Å². The smallest absolute Gasteiger partial charge is 0.275 e. The molecule has 0 fully saturated rings. The molecule has 21 heavy (non-hydrogen) atoms. The lowest BCUT2D eigenvalue weighted by Crippen LogP contribution is -2.25. The molecular formula is C18H26N2O. The molecule has 0 atom stereocenters. The fraction of sp³-hybridized carbons (Fsp3) is 0.500. The van der Waals surface area contributed by atoms with Gasteiger partial charge in [0.1, 0.15) is 0 Å². The molecule has 0 aliphatic carbocycles. The van der Waals surface area contributed by atoms with Crippen molar-refractivity contribution in [1.82, 2.24) is 9.78 Å². The minimum atomic E-state index is -0.146. The van der Waals surface area contributed by atoms with Crippen LogP contribution in [-0.4, -0.2) is 9.78 Å². The van der Waals surface area contributed by atoms with Crippen LogP contribution in [0.5, 0.6) is 0 Å². The maximum absolute atomic E-state index is 12.8. The Morgan fingerprint density at radius 3 is 2.29 bits per heavy atom. The maximum Gasteiger partial charge on any atom is 0.275 e. The molecule has 1 aromatic heterocycles. The first-order chi connectivity index (χ1) is 9.84. The third-order valence-corrected chi connectivity index (χ3v) is 3.79. The Kier molecular flexibility index (Phi) is 4.40. The van der Waals surface area contributed by atoms with E-state index in [2.05, 4.69) is 39.7 Å². The van der Waals surface area contributed by atoms with E-state index < -0.39 is 0 Å². The normalized spacial score (nSPS) is 11.9. The quantitative estimate of drug-likeness (QED) is 0.902. The number of aromatic amines is 1. The predicted molar refractivity (Wildman–Crippen MR) is 88.4 cm³/mol. The monoisotopic (exact) mass is 286 g/mol. The van der Waals surface area contributed by atoms with Crippen molar-refractivity contribution in [2.75, 3.05) is 0 Å². The minimum Gasteiger partial charge on any atom is -0.295 e. The molecule has 1 aromatic carbocycles. The fourth-order valence-electron chi connectivity index (χ4n) is 2.67. The number of hydrogen-bond donors (Lipinski definition) is 1. The number of aromatic nitrogens is 2. The third kappa shape index (κ3) is 3.29. The molecular weight excluding hydrogens is 260 g/mol. The minimum absolute atomic E-state index is 0.0810. The summed E-state index contributed by atoms with van der Waals surface area (Å²) in [7, 11) is 0. The SMILES string of the molecule is CCCCc1[nH]n(-c2ccc(C)cc2)c(=O)c1C(C)(C)C. The molecule has 1 N–H and O–H groups in total. The number of nitrogens with zero attached hydrogens (tertiary/aromatic N) is 1. The molecule has 0 amide bonds. The van der Waals surface area contributed by atoms with E-state index in [0.29, 0.717) is 0 Å². The van der Waals surface area contributed by atoms with Crippen LogP contribution >= 0.6 is 0 Å². The van der Waals surface area contributed by atoms with E-state index in [1.807, 2.05) is 24.3 Å². The molecule has 1 heterocycles. The van der Waals surface area contributed by atoms with Gasteiger partial charge in [-0.1, -0.05) is 51.8 Å². The summed E-state index contributed by atoms with van der Waals surface area (Å²) in [5, 5.41) is 3.33. The summed E-state index contributed by atoms with van der Waals surface area (Å²) in [5.74, 6) is 0. The number of H-pyrrole nitrogens is 1. The van der Waals surface area contributed by atoms with Gasteiger partial charge < -0.3 is 0 Å². The number of aryl methyl sites for hydroxylation is 2. The van der Waals surface area contributed by atoms with Crippen molar-refractivity contribution >= 4 is 0 Å². The lowest BCUT2D eigenvalue weighted by molar-refractivity contribution is 0.575. The molecule has 2 rings (SSSR count). The molecule has 0 saturated carbocycles. The van der Waals surface area contributed by atoms with E-state index in [1.165, 1.54) is 5.56 Å². The van der Waals surface area contributed by atoms with Gasteiger partial charge in [-0.05, 0) is 37.3 Å². The molecule has 0 bridgehead atoms. The second kappa shape index (κ2) is 5.92. The molecule has 0 aliphatic heterocycles. The maximum atomic E-state index is 12.8. The van der Waals surface area contributed by atoms with Crippen LogP contribution < -0.4 is 5.56 Å². The Labute approximate surface area is 127 Å². The highest BCUT2D eigenvalue weighted by Gasteiger charge is 2.25. The van der Waals surface area contributed by atoms with Gasteiger partial charge in [-0.15, -0.1) is 0 Å². The van der Waals surface area contributed by atoms with Gasteiger partial charge >= 0.3 is 0 Å². The van der Waals surface area contributed by atoms with Gasteiger partial charge in [0, 0.05) is 11.3 Å². The third-order valence-electron chi connectivity index (χ3n) is 3.79. The van der Waals surface area contributed by atoms with Crippen LogP contribution in [0.25, 0.3) is 5.69 Å². The summed E-state index contributed by atoms with van der Waals surface area (Å²) in [5.41, 5.74) is 4.02. The second-order valence-corrected chi connectivity index (χ2v) is 6.80. The van der Waals surface area contributed by atoms with E-state index in [4.69, 9.17) is 0 Å². The van der Waals surface area contributed by atoms with Crippen LogP contribution in [0.15, 0.2) is 29.1 Å². The molecule has 0 saturated heterocycles. The van der Waals surface area contributed by atoms with E-state index in [9.17, 15) is 4.79 Å². The van der Waals surface area contributed by atoms with Crippen molar-refractivity contribution in [2.24, 2.45) is 0 Å². The molecule has 0 spiro atoms. The van der Waals surface area contributed by atoms with Crippen molar-refractivity contribution in [3.63, 3.8) is 0 Å². The van der Waals surface area contributed by atoms with Gasteiger partial charge in [0.15, 0.2) is 0 Å². The Balaban J connectivity index is 2.55. The summed E-state index contributed by atoms with van der Waals surface area (Å²) >= 11 is 0. The van der Waals surface area contributed by atoms with Gasteiger partial charge in [-0.25, -0.2) is 4.68 Å². The average molecular weight is 286 g/mol. The van der Waals surface area contributed by atoms with E-state index in [0.717, 1.165) is 36.2 Å². The number of nitrogens with one attached hydrogen (secondary N) is 1. The zero-order valence-electron chi connectivity index (χ0n) is 13.8. The standard InChI is InChI=1S/C18H26N2O/c1-6-7-8-15-16(18(3,4)5)17(21)20(19-15)14-11-9-13(2)10-12-14/h9-12,19H,6-8H2,1-5H3. The highest BCUT2D eigenvalue weighted by atomic mass is 16.1. The van der Waals surface area contributed by atoms with Crippen molar-refractivity contribution in [3.05, 3.63) is 51.4 Å². The summed E-state index contributed by atoms with van der Waals surface area (Å²) in [4.78, 5) is 12.8. The molecule has 3 heteroatoms. The molecule has 2 aromatic rings. The summed E-state index contributed by atoms with van der Waals surface area (Å²) in [6.07, 6.45) is 3.15. The Morgan fingerprint density at radius 1 is 1.14 bits per heavy atom. The van der Waals surface area contributed by atoms with Crippen molar-refractivity contribution in [2.45, 2.75) is 59.3 Å². The first-order valence-corrected chi connectivity index (χ1v) is 7.76. The largest absolute Gasteiger partial charge is 0.295 e. The van der Waals surface area contributed by atoms with Crippen molar-refractivity contribution in [3.8, 4) is 5.69 Å². The zero-order valence-corrected chi connectivity index (χ0v) is 13.8. The van der Waals surface area contributed by atoms with E-state index >= 15 is 0 Å². The predicted octanol–water partition coefficient (Wildman–Crippen LogP) is 4.11. The summed E-state index contributed by atoms with van der Waals surface area (Å²) in [6.45, 7) is 10.5. The van der Waals surface area contributed by atoms with Crippen LogP contribution in [0.4, 0.5) is 0 Å². The second-order valence-electron chi connectivity index (χ2n) is 6.80. The number of rotatable bonds is 4. The van der Waals surface area contributed by atoms with Gasteiger partial charge in [-0.3, -0.25) is 9.89 Å². The Hall–Kier alpha value is -1.77. The lowest BCUT2D eigenvalue weighted by atomic mass is 9.86. The molecule has 114 valence electrons. The Bertz CT molecular complexity index is 654. The van der Waals surface area contributed by atoms with Gasteiger partial charge in [0.25, 0.3) is 5.56 Å². The molecule has 0 unspecified atom stereocenters. The van der Waals surface area contributed by atoms with Crippen LogP contribution in [0.1, 0.15) is 57.4 Å². The van der Waals surface area contributed by atoms with Gasteiger partial charge in [0.2, 0.25) is 0 Å². The summed E-state index contributed by atoms with van der Waals surface area (Å²) in [6, 6.07) is 8.04. The van der Waals surface area contributed by atoms with Crippen molar-refractivity contribution in [1.29, 1.82) is 0 Å². The molecule has 3 nitrogen and oxygen atoms in total. The van der Waals surface area contributed by atoms with Gasteiger partial charge in [0.05, 0.1) is 5.69 Å². The van der Waals surface area contributed by atoms with Crippen LogP contribution in [0, 0.1) is 6.92 Å². The first-order valence-electron chi connectivity index (χ1n) is 7.76. The lowest BCUT2D eigenvalue weighted by Gasteiger charge is -2.17. The van der Waals surface area contributed by atoms with Crippen LogP contribution in [-0.2, 0) is 11.8 Å². The highest BCUT2D eigenvalue weighted by Crippen LogP contribution is 2.24. The number of hydrogen-bond acceptors (Lipinski definition) is 1. The molecule has 0 radical (unpaired) electrons. The van der Waals surface area contributed by atoms with Gasteiger partial charge in [-0.2, -0.15) is 0 Å². The average Bonchev–Trinajstić information content (AvgIpc) is 2.74. The summed E-state index contributed by atoms with van der Waals surface area (Å²) < 4.78 is 1.69. The number of unbranched alkanes of at least 4 members (excludes halogenated alkanes) is 1. The first kappa shape index (κ1) is 15.6. The van der Waals surface area contributed by atoms with Crippen LogP contribution in [0.2, 0.25) is 0 Å². The zero-order chi connectivity index (χ0) is 15.6. The molecule has 0 aliphatic rings. The topological polar surface area (TPSA) is 37.8 Å².